The van der Waals surface area contributed by atoms with Gasteiger partial charge in [0, 0.05) is 6.42 Å². The Morgan fingerprint density at radius 2 is 0.936 bits per heavy atom. The third kappa shape index (κ3) is 41.6. The first-order valence-electron chi connectivity index (χ1n) is 31.5. The Balaban J connectivity index is 2.62. The van der Waals surface area contributed by atoms with Gasteiger partial charge in [0.05, 0.1) is 25.4 Å². The van der Waals surface area contributed by atoms with Gasteiger partial charge in [0.1, 0.15) is 24.4 Å². The van der Waals surface area contributed by atoms with Gasteiger partial charge in [-0.15, -0.1) is 0 Å². The molecule has 0 saturated carbocycles. The Morgan fingerprint density at radius 3 is 1.44 bits per heavy atom. The highest BCUT2D eigenvalue weighted by molar-refractivity contribution is 5.80. The predicted octanol–water partition coefficient (Wildman–Crippen LogP) is 15.1. The second-order valence-electron chi connectivity index (χ2n) is 21.4. The van der Waals surface area contributed by atoms with Gasteiger partial charge in [0.25, 0.3) is 0 Å². The number of carbonyl (C=O) groups is 2. The van der Waals surface area contributed by atoms with Crippen molar-refractivity contribution in [3.63, 3.8) is 0 Å². The lowest BCUT2D eigenvalue weighted by molar-refractivity contribution is -0.305. The van der Waals surface area contributed by atoms with Gasteiger partial charge in [0.2, 0.25) is 5.91 Å². The molecule has 0 aliphatic carbocycles. The maximum absolute atomic E-state index is 13.4. The minimum absolute atomic E-state index is 0.108. The van der Waals surface area contributed by atoms with Gasteiger partial charge >= 0.3 is 5.97 Å². The number of aliphatic hydroxyl groups is 5. The second-order valence-corrected chi connectivity index (χ2v) is 21.4. The first-order chi connectivity index (χ1) is 38.2. The summed E-state index contributed by atoms with van der Waals surface area (Å²) in [4.78, 5) is 26.5. The van der Waals surface area contributed by atoms with Crippen LogP contribution in [0.2, 0.25) is 0 Å². The molecule has 448 valence electrons. The smallest absolute Gasteiger partial charge is 0.306 e. The largest absolute Gasteiger partial charge is 0.454 e. The minimum atomic E-state index is -1.62. The molecule has 8 atom stereocenters. The average molecular weight is 1090 g/mol. The second kappa shape index (κ2) is 54.2. The summed E-state index contributed by atoms with van der Waals surface area (Å²) in [6.07, 6.45) is 61.7. The number of unbranched alkanes of at least 4 members (excludes halogenated alkanes) is 24. The number of aliphatic hydroxyl groups excluding tert-OH is 5. The molecule has 1 saturated heterocycles. The number of nitrogens with one attached hydrogen (secondary N) is 1. The number of rotatable bonds is 52. The monoisotopic (exact) mass is 1090 g/mol. The van der Waals surface area contributed by atoms with Crippen LogP contribution in [0.4, 0.5) is 0 Å². The number of amides is 1. The van der Waals surface area contributed by atoms with Crippen molar-refractivity contribution in [2.24, 2.45) is 0 Å². The van der Waals surface area contributed by atoms with Gasteiger partial charge in [0.15, 0.2) is 12.4 Å². The molecule has 1 fully saturated rings. The van der Waals surface area contributed by atoms with E-state index >= 15 is 0 Å². The van der Waals surface area contributed by atoms with Crippen molar-refractivity contribution in [2.45, 2.75) is 301 Å². The molecule has 0 spiro atoms. The number of carbonyl (C=O) groups excluding carboxylic acids is 2. The maximum atomic E-state index is 13.4. The molecule has 1 amide bonds. The fourth-order valence-corrected chi connectivity index (χ4v) is 9.22. The van der Waals surface area contributed by atoms with E-state index in [0.717, 1.165) is 135 Å². The van der Waals surface area contributed by atoms with Crippen LogP contribution in [0, 0.1) is 0 Å². The number of ether oxygens (including phenoxy) is 3. The van der Waals surface area contributed by atoms with Gasteiger partial charge in [-0.1, -0.05) is 246 Å². The van der Waals surface area contributed by atoms with Crippen LogP contribution in [0.25, 0.3) is 0 Å². The van der Waals surface area contributed by atoms with Crippen molar-refractivity contribution in [2.75, 3.05) is 13.2 Å². The van der Waals surface area contributed by atoms with Crippen molar-refractivity contribution >= 4 is 11.9 Å². The molecule has 0 aromatic heterocycles. The van der Waals surface area contributed by atoms with Crippen molar-refractivity contribution in [1.29, 1.82) is 0 Å². The SMILES string of the molecule is CC/C=C\C/C=C\C/C=C\C/C=C\C/C=C\C/C=C\CCCCCCCCCC(O)C(=O)NC(COC1OC(CO)C(O)C(O)C1OC(=O)CCCCCCC/C=C\CCCC)C(O)/C=C/CCCCCCCCCCCC. The van der Waals surface area contributed by atoms with E-state index in [2.05, 4.69) is 111 Å². The van der Waals surface area contributed by atoms with Crippen LogP contribution in [0.1, 0.15) is 252 Å². The van der Waals surface area contributed by atoms with Crippen LogP contribution in [-0.2, 0) is 23.8 Å². The zero-order chi connectivity index (χ0) is 56.8. The van der Waals surface area contributed by atoms with E-state index in [4.69, 9.17) is 14.2 Å². The van der Waals surface area contributed by atoms with Crippen LogP contribution in [-0.4, -0.2) is 99.6 Å². The molecule has 0 bridgehead atoms. The van der Waals surface area contributed by atoms with E-state index in [-0.39, 0.29) is 19.4 Å². The summed E-state index contributed by atoms with van der Waals surface area (Å²) in [5.74, 6) is -1.22. The summed E-state index contributed by atoms with van der Waals surface area (Å²) < 4.78 is 17.6. The molecule has 1 heterocycles. The molecule has 11 nitrogen and oxygen atoms in total. The summed E-state index contributed by atoms with van der Waals surface area (Å²) >= 11 is 0. The lowest BCUT2D eigenvalue weighted by Gasteiger charge is -2.41. The maximum Gasteiger partial charge on any atom is 0.306 e. The molecule has 1 rings (SSSR count). The van der Waals surface area contributed by atoms with E-state index < -0.39 is 67.4 Å². The fraction of sp³-hybridized carbons (Fsp3) is 0.731. The molecule has 8 unspecified atom stereocenters. The Labute approximate surface area is 475 Å². The highest BCUT2D eigenvalue weighted by Crippen LogP contribution is 2.26. The number of hydrogen-bond acceptors (Lipinski definition) is 10. The summed E-state index contributed by atoms with van der Waals surface area (Å²) in [5.41, 5.74) is 0. The van der Waals surface area contributed by atoms with Gasteiger partial charge in [-0.3, -0.25) is 9.59 Å². The lowest BCUT2D eigenvalue weighted by Crippen LogP contribution is -2.61. The Kier molecular flexibility index (Phi) is 50.4. The quantitative estimate of drug-likeness (QED) is 0.0195. The molecule has 0 aromatic carbocycles. The number of esters is 1. The van der Waals surface area contributed by atoms with Crippen LogP contribution in [0.15, 0.2) is 97.2 Å². The van der Waals surface area contributed by atoms with Crippen LogP contribution in [0.5, 0.6) is 0 Å². The Hall–Kier alpha value is -3.42. The zero-order valence-corrected chi connectivity index (χ0v) is 49.5. The lowest BCUT2D eigenvalue weighted by atomic mass is 9.99. The zero-order valence-electron chi connectivity index (χ0n) is 49.5. The minimum Gasteiger partial charge on any atom is -0.454 e. The highest BCUT2D eigenvalue weighted by atomic mass is 16.7. The highest BCUT2D eigenvalue weighted by Gasteiger charge is 2.47. The third-order valence-corrected chi connectivity index (χ3v) is 14.2. The van der Waals surface area contributed by atoms with E-state index in [9.17, 15) is 35.1 Å². The molecule has 6 N–H and O–H groups in total. The van der Waals surface area contributed by atoms with Gasteiger partial charge in [-0.25, -0.2) is 0 Å². The van der Waals surface area contributed by atoms with Crippen molar-refractivity contribution in [3.05, 3.63) is 97.2 Å². The molecular formula is C67H115NO10. The molecule has 11 heteroatoms. The Morgan fingerprint density at radius 1 is 0.513 bits per heavy atom. The van der Waals surface area contributed by atoms with Crippen LogP contribution >= 0.6 is 0 Å². The molecule has 1 aliphatic heterocycles. The van der Waals surface area contributed by atoms with Crippen LogP contribution < -0.4 is 5.32 Å². The van der Waals surface area contributed by atoms with Crippen LogP contribution in [0.3, 0.4) is 0 Å². The number of allylic oxidation sites excluding steroid dienone is 15. The van der Waals surface area contributed by atoms with Gasteiger partial charge in [-0.2, -0.15) is 0 Å². The molecular weight excluding hydrogens is 979 g/mol. The van der Waals surface area contributed by atoms with Crippen molar-refractivity contribution < 1.29 is 49.3 Å². The number of hydrogen-bond donors (Lipinski definition) is 6. The van der Waals surface area contributed by atoms with Crippen molar-refractivity contribution in [3.8, 4) is 0 Å². The Bertz CT molecular complexity index is 1630. The van der Waals surface area contributed by atoms with E-state index in [1.54, 1.807) is 6.08 Å². The van der Waals surface area contributed by atoms with Gasteiger partial charge in [-0.05, 0) is 96.3 Å². The molecule has 1 aliphatic rings. The normalized spacial score (nSPS) is 19.6. The standard InChI is InChI=1S/C67H115NO10/c1-4-7-10-13-16-19-22-24-25-26-27-28-29-30-31-32-33-34-35-36-37-40-42-45-48-51-54-60(71)66(75)68-58(59(70)53-50-47-44-41-39-23-20-17-14-11-8-5-2)57-76-67-65(64(74)63(73)61(56-69)77-67)78-62(72)55-52-49-46-43-38-21-18-15-12-9-6-3/h7,10,15-16,18-19,24-25,27-28,30-31,33-34,50,53,58-61,63-65,67,69-71,73-74H,4-6,8-9,11-14,17,20-23,26,29,32,35-49,51-52,54-57H2,1-3H3,(H,68,75)/b10-7-,18-15-,19-16-,25-24-,28-27-,31-30-,34-33-,53-50+. The van der Waals surface area contributed by atoms with E-state index in [0.29, 0.717) is 12.8 Å². The van der Waals surface area contributed by atoms with E-state index in [1.807, 2.05) is 6.08 Å². The van der Waals surface area contributed by atoms with Gasteiger partial charge < -0.3 is 45.1 Å². The summed E-state index contributed by atoms with van der Waals surface area (Å²) in [7, 11) is 0. The summed E-state index contributed by atoms with van der Waals surface area (Å²) in [6.45, 7) is 5.61. The molecule has 0 aromatic rings. The summed E-state index contributed by atoms with van der Waals surface area (Å²) in [5, 5.41) is 56.9. The first kappa shape index (κ1) is 72.6. The predicted molar refractivity (Wildman–Crippen MR) is 324 cm³/mol. The first-order valence-corrected chi connectivity index (χ1v) is 31.5. The van der Waals surface area contributed by atoms with E-state index in [1.165, 1.54) is 70.6 Å². The van der Waals surface area contributed by atoms with Crippen molar-refractivity contribution in [1.82, 2.24) is 5.32 Å². The molecule has 0 radical (unpaired) electrons. The third-order valence-electron chi connectivity index (χ3n) is 14.2. The fourth-order valence-electron chi connectivity index (χ4n) is 9.22. The summed E-state index contributed by atoms with van der Waals surface area (Å²) in [6, 6.07) is -1.03. The average Bonchev–Trinajstić information content (AvgIpc) is 3.44. The molecule has 78 heavy (non-hydrogen) atoms. The topological polar surface area (TPSA) is 175 Å².